The van der Waals surface area contributed by atoms with E-state index in [2.05, 4.69) is 21.2 Å². The van der Waals surface area contributed by atoms with Crippen LogP contribution < -0.4 is 4.74 Å². The lowest BCUT2D eigenvalue weighted by molar-refractivity contribution is -0.127. The number of carbonyl (C=O) groups excluding carboxylic acids is 1. The molecule has 0 spiro atoms. The van der Waals surface area contributed by atoms with Gasteiger partial charge in [0.25, 0.3) is 0 Å². The summed E-state index contributed by atoms with van der Waals surface area (Å²) in [6.45, 7) is -0.471. The first-order valence-corrected chi connectivity index (χ1v) is 7.63. The maximum absolute atomic E-state index is 11.0. The average Bonchev–Trinajstić information content (AvgIpc) is 2.99. The third-order valence-electron chi connectivity index (χ3n) is 3.33. The number of fused-ring (bicyclic) bond motifs is 1. The van der Waals surface area contributed by atoms with Crippen LogP contribution in [0.2, 0.25) is 0 Å². The fraction of sp³-hybridized carbons (Fsp3) is 0.357. The summed E-state index contributed by atoms with van der Waals surface area (Å²) >= 11 is 8.17. The molecule has 2 rings (SSSR count). The Morgan fingerprint density at radius 2 is 2.09 bits per heavy atom. The molecule has 126 valence electrons. The molecule has 0 unspecified atom stereocenters. The summed E-state index contributed by atoms with van der Waals surface area (Å²) in [4.78, 5) is 14.0. The van der Waals surface area contributed by atoms with Crippen molar-refractivity contribution in [2.24, 2.45) is 0 Å². The Hall–Kier alpha value is -1.16. The molecule has 4 atom stereocenters. The Balaban J connectivity index is 2.28. The van der Waals surface area contributed by atoms with Crippen molar-refractivity contribution in [1.29, 1.82) is 0 Å². The van der Waals surface area contributed by atoms with Crippen LogP contribution in [0.5, 0.6) is 5.88 Å². The van der Waals surface area contributed by atoms with Gasteiger partial charge in [-0.25, -0.2) is 0 Å². The first-order valence-electron chi connectivity index (χ1n) is 6.68. The molecule has 1 aromatic heterocycles. The van der Waals surface area contributed by atoms with Crippen molar-refractivity contribution in [2.45, 2.75) is 24.4 Å². The number of aliphatic hydroxyl groups excluding tert-OH is 2. The number of halogens is 2. The number of aliphatic hydroxyl groups is 2. The van der Waals surface area contributed by atoms with Crippen LogP contribution in [0.4, 0.5) is 0 Å². The number of aldehydes is 1. The molecule has 7 nitrogen and oxygen atoms in total. The zero-order chi connectivity index (χ0) is 16.8. The number of nitrogens with one attached hydrogen (secondary N) is 1. The van der Waals surface area contributed by atoms with Gasteiger partial charge < -0.3 is 24.7 Å². The van der Waals surface area contributed by atoms with E-state index in [1.807, 2.05) is 24.3 Å². The van der Waals surface area contributed by atoms with E-state index in [-0.39, 0.29) is 0 Å². The van der Waals surface area contributed by atoms with Crippen LogP contribution in [0, 0.1) is 0 Å². The summed E-state index contributed by atoms with van der Waals surface area (Å²) in [5.74, 6) is 0.307. The molecule has 1 heterocycles. The minimum absolute atomic E-state index is 0.291. The second-order valence-corrected chi connectivity index (χ2v) is 5.35. The van der Waals surface area contributed by atoms with E-state index in [1.165, 1.54) is 0 Å². The van der Waals surface area contributed by atoms with Gasteiger partial charge in [0.15, 0.2) is 18.3 Å². The predicted molar refractivity (Wildman–Crippen MR) is 86.4 cm³/mol. The molecule has 0 fully saturated rings. The van der Waals surface area contributed by atoms with Gasteiger partial charge in [0.2, 0.25) is 0 Å². The number of carbonyl (C=O) groups is 1. The highest BCUT2D eigenvalue weighted by atomic mass is 79.9. The Kier molecular flexibility index (Phi) is 6.82. The smallest absolute Gasteiger partial charge is 0.192 e. The van der Waals surface area contributed by atoms with Crippen molar-refractivity contribution >= 4 is 45.3 Å². The number of rotatable bonds is 9. The summed E-state index contributed by atoms with van der Waals surface area (Å²) in [6, 6.07) is 9.14. The predicted octanol–water partition coefficient (Wildman–Crippen LogP) is 1.70. The maximum atomic E-state index is 11.0. The normalized spacial score (nSPS) is 16.7. The summed E-state index contributed by atoms with van der Waals surface area (Å²) in [5.41, 5.74) is 0.820. The first-order chi connectivity index (χ1) is 11.1. The third kappa shape index (κ3) is 4.23. The Morgan fingerprint density at radius 1 is 1.35 bits per heavy atom. The van der Waals surface area contributed by atoms with Crippen LogP contribution in [-0.4, -0.2) is 52.5 Å². The van der Waals surface area contributed by atoms with E-state index in [0.717, 1.165) is 10.9 Å². The van der Waals surface area contributed by atoms with Crippen LogP contribution in [0.3, 0.4) is 0 Å². The topological polar surface area (TPSA) is 101 Å². The van der Waals surface area contributed by atoms with Gasteiger partial charge in [0, 0.05) is 17.0 Å². The van der Waals surface area contributed by atoms with Crippen molar-refractivity contribution in [3.8, 4) is 5.88 Å². The minimum Gasteiger partial charge on any atom is -0.469 e. The van der Waals surface area contributed by atoms with Gasteiger partial charge >= 0.3 is 0 Å². The van der Waals surface area contributed by atoms with Crippen LogP contribution in [0.15, 0.2) is 30.3 Å². The third-order valence-corrected chi connectivity index (χ3v) is 4.02. The van der Waals surface area contributed by atoms with Gasteiger partial charge in [-0.05, 0) is 6.07 Å². The second kappa shape index (κ2) is 8.62. The largest absolute Gasteiger partial charge is 0.469 e. The zero-order valence-electron chi connectivity index (χ0n) is 11.8. The summed E-state index contributed by atoms with van der Waals surface area (Å²) in [6.07, 6.45) is -4.53. The summed E-state index contributed by atoms with van der Waals surface area (Å²) in [7, 11) is 0. The molecule has 9 heteroatoms. The first kappa shape index (κ1) is 18.2. The monoisotopic (exact) mass is 407 g/mol. The van der Waals surface area contributed by atoms with E-state index in [9.17, 15) is 15.0 Å². The van der Waals surface area contributed by atoms with Gasteiger partial charge in [-0.15, -0.1) is 0 Å². The average molecular weight is 409 g/mol. The van der Waals surface area contributed by atoms with E-state index >= 15 is 0 Å². The van der Waals surface area contributed by atoms with E-state index in [1.54, 1.807) is 6.07 Å². The summed E-state index contributed by atoms with van der Waals surface area (Å²) in [5, 5.41) is 20.1. The van der Waals surface area contributed by atoms with E-state index in [0.29, 0.717) is 12.2 Å². The number of para-hydroxylation sites is 1. The van der Waals surface area contributed by atoms with Gasteiger partial charge in [0.1, 0.15) is 18.3 Å². The fourth-order valence-corrected chi connectivity index (χ4v) is 2.71. The number of hydrogen-bond acceptors (Lipinski definition) is 6. The second-order valence-electron chi connectivity index (χ2n) is 4.79. The van der Waals surface area contributed by atoms with Crippen molar-refractivity contribution in [3.63, 3.8) is 0 Å². The number of aromatic amines is 1. The molecule has 0 amide bonds. The quantitative estimate of drug-likeness (QED) is 0.546. The molecule has 0 bridgehead atoms. The zero-order valence-corrected chi connectivity index (χ0v) is 14.1. The number of aromatic nitrogens is 1. The van der Waals surface area contributed by atoms with Crippen LogP contribution in [0.1, 0.15) is 0 Å². The van der Waals surface area contributed by atoms with Crippen molar-refractivity contribution in [2.75, 3.05) is 6.61 Å². The van der Waals surface area contributed by atoms with Gasteiger partial charge in [-0.2, -0.15) is 0 Å². The van der Waals surface area contributed by atoms with Crippen LogP contribution >= 0.6 is 28.1 Å². The molecule has 3 N–H and O–H groups in total. The highest BCUT2D eigenvalue weighted by molar-refractivity contribution is 9.06. The van der Waals surface area contributed by atoms with Gasteiger partial charge in [-0.3, -0.25) is 8.12 Å². The SMILES string of the molecule is O=C[C@H](O)[C@@H](Oc1cc2ccccc2[nH]1)[C@H](OCl)[C@@H](CO)OBr. The molecular formula is C14H15BrClNO6. The van der Waals surface area contributed by atoms with Crippen molar-refractivity contribution in [1.82, 2.24) is 4.98 Å². The number of hydrogen-bond donors (Lipinski definition) is 3. The Labute approximate surface area is 145 Å². The molecule has 0 aliphatic heterocycles. The lowest BCUT2D eigenvalue weighted by Crippen LogP contribution is -2.50. The standard InChI is InChI=1S/C14H15BrClNO6/c15-22-11(7-19)14(23-16)13(10(20)6-18)21-12-5-8-3-1-2-4-9(8)17-12/h1-6,10-11,13-14,17,19-20H,7H2/t10-,11+,13+,14+/m0/s1. The van der Waals surface area contributed by atoms with Crippen molar-refractivity contribution < 1.29 is 27.9 Å². The highest BCUT2D eigenvalue weighted by Crippen LogP contribution is 2.24. The summed E-state index contributed by atoms with van der Waals surface area (Å²) < 4.78 is 15.2. The number of benzene rings is 1. The van der Waals surface area contributed by atoms with Crippen molar-refractivity contribution in [3.05, 3.63) is 30.3 Å². The number of ether oxygens (including phenoxy) is 1. The van der Waals surface area contributed by atoms with Crippen LogP contribution in [-0.2, 0) is 12.9 Å². The molecule has 1 aromatic carbocycles. The molecule has 0 aliphatic carbocycles. The van der Waals surface area contributed by atoms with Crippen LogP contribution in [0.25, 0.3) is 10.9 Å². The molecule has 0 saturated heterocycles. The molecule has 0 saturated carbocycles. The van der Waals surface area contributed by atoms with Gasteiger partial charge in [0.05, 0.1) is 34.7 Å². The minimum atomic E-state index is -1.54. The molecule has 0 aliphatic rings. The molecule has 23 heavy (non-hydrogen) atoms. The van der Waals surface area contributed by atoms with E-state index < -0.39 is 31.0 Å². The fourth-order valence-electron chi connectivity index (χ4n) is 2.17. The van der Waals surface area contributed by atoms with E-state index in [4.69, 9.17) is 24.7 Å². The molecule has 0 radical (unpaired) electrons. The Bertz CT molecular complexity index is 602. The number of H-pyrrole nitrogens is 1. The molecule has 2 aromatic rings. The lowest BCUT2D eigenvalue weighted by Gasteiger charge is -2.29. The Morgan fingerprint density at radius 3 is 2.65 bits per heavy atom. The lowest BCUT2D eigenvalue weighted by atomic mass is 10.0. The van der Waals surface area contributed by atoms with Gasteiger partial charge in [-0.1, -0.05) is 18.2 Å². The highest BCUT2D eigenvalue weighted by Gasteiger charge is 2.38. The maximum Gasteiger partial charge on any atom is 0.192 e. The molecular weight excluding hydrogens is 394 g/mol.